The van der Waals surface area contributed by atoms with Crippen molar-refractivity contribution < 1.29 is 18.5 Å². The quantitative estimate of drug-likeness (QED) is 0.777. The molecule has 0 aromatic carbocycles. The van der Waals surface area contributed by atoms with Gasteiger partial charge in [0.05, 0.1) is 24.6 Å². The third-order valence-electron chi connectivity index (χ3n) is 4.95. The molecule has 1 amide bonds. The smallest absolute Gasteiger partial charge is 0.227 e. The summed E-state index contributed by atoms with van der Waals surface area (Å²) in [6.07, 6.45) is 0.286. The second kappa shape index (κ2) is 7.57. The highest BCUT2D eigenvalue weighted by atomic mass is 16.5. The summed E-state index contributed by atoms with van der Waals surface area (Å²) in [5, 5.41) is 12.3. The van der Waals surface area contributed by atoms with Crippen LogP contribution in [0.2, 0.25) is 0 Å². The molecule has 1 aliphatic rings. The lowest BCUT2D eigenvalue weighted by atomic mass is 9.97. The molecule has 1 saturated heterocycles. The summed E-state index contributed by atoms with van der Waals surface area (Å²) >= 11 is 0. The molecule has 3 heterocycles. The Hall–Kier alpha value is -2.22. The van der Waals surface area contributed by atoms with Gasteiger partial charge in [0.15, 0.2) is 0 Å². The van der Waals surface area contributed by atoms with Crippen molar-refractivity contribution in [3.05, 3.63) is 28.8 Å². The zero-order chi connectivity index (χ0) is 18.8. The number of nitrogens with zero attached hydrogens (tertiary/aromatic N) is 4. The van der Waals surface area contributed by atoms with Gasteiger partial charge in [-0.1, -0.05) is 19.0 Å². The maximum Gasteiger partial charge on any atom is 0.227 e. The van der Waals surface area contributed by atoms with Gasteiger partial charge in [-0.15, -0.1) is 10.2 Å². The van der Waals surface area contributed by atoms with E-state index in [1.165, 1.54) is 0 Å². The van der Waals surface area contributed by atoms with Crippen molar-refractivity contribution in [2.24, 2.45) is 5.92 Å². The van der Waals surface area contributed by atoms with E-state index >= 15 is 0 Å². The van der Waals surface area contributed by atoms with E-state index in [0.717, 1.165) is 11.3 Å². The third kappa shape index (κ3) is 3.65. The van der Waals surface area contributed by atoms with Gasteiger partial charge in [0.1, 0.15) is 5.76 Å². The van der Waals surface area contributed by atoms with Crippen LogP contribution in [0.25, 0.3) is 0 Å². The molecule has 0 radical (unpaired) electrons. The van der Waals surface area contributed by atoms with Crippen LogP contribution in [-0.2, 0) is 16.0 Å². The molecule has 0 N–H and O–H groups in total. The minimum Gasteiger partial charge on any atom is -0.425 e. The molecular formula is C18H26N4O4. The predicted molar refractivity (Wildman–Crippen MR) is 92.8 cm³/mol. The minimum atomic E-state index is -0.0106. The highest BCUT2D eigenvalue weighted by molar-refractivity contribution is 5.79. The Morgan fingerprint density at radius 1 is 1.31 bits per heavy atom. The number of likely N-dealkylation sites (tertiary alicyclic amines) is 1. The Bertz CT molecular complexity index is 748. The fourth-order valence-electron chi connectivity index (χ4n) is 3.38. The van der Waals surface area contributed by atoms with E-state index in [9.17, 15) is 4.79 Å². The maximum atomic E-state index is 12.8. The van der Waals surface area contributed by atoms with Crippen LogP contribution < -0.4 is 0 Å². The van der Waals surface area contributed by atoms with Gasteiger partial charge in [0, 0.05) is 37.6 Å². The number of hydrogen-bond acceptors (Lipinski definition) is 7. The number of methoxy groups -OCH3 is 1. The fourth-order valence-corrected chi connectivity index (χ4v) is 3.38. The molecular weight excluding hydrogens is 336 g/mol. The van der Waals surface area contributed by atoms with Gasteiger partial charge in [-0.2, -0.15) is 0 Å². The molecule has 3 rings (SSSR count). The number of rotatable bonds is 6. The number of ether oxygens (including phenoxy) is 1. The summed E-state index contributed by atoms with van der Waals surface area (Å²) in [5.74, 6) is 2.25. The number of carbonyl (C=O) groups excluding carboxylic acids is 1. The topological polar surface area (TPSA) is 94.5 Å². The first kappa shape index (κ1) is 18.6. The van der Waals surface area contributed by atoms with Gasteiger partial charge in [0.25, 0.3) is 0 Å². The third-order valence-corrected chi connectivity index (χ3v) is 4.95. The molecule has 26 heavy (non-hydrogen) atoms. The molecule has 2 aromatic heterocycles. The van der Waals surface area contributed by atoms with Gasteiger partial charge < -0.3 is 18.6 Å². The number of hydrogen-bond donors (Lipinski definition) is 0. The summed E-state index contributed by atoms with van der Waals surface area (Å²) in [4.78, 5) is 14.7. The Morgan fingerprint density at radius 3 is 2.65 bits per heavy atom. The molecule has 2 aromatic rings. The average Bonchev–Trinajstić information content (AvgIpc) is 3.30. The van der Waals surface area contributed by atoms with Gasteiger partial charge in [-0.3, -0.25) is 4.79 Å². The van der Waals surface area contributed by atoms with Crippen LogP contribution in [0.15, 0.2) is 8.94 Å². The second-order valence-electron chi connectivity index (χ2n) is 7.23. The van der Waals surface area contributed by atoms with Gasteiger partial charge >= 0.3 is 0 Å². The van der Waals surface area contributed by atoms with E-state index in [1.54, 1.807) is 7.11 Å². The van der Waals surface area contributed by atoms with E-state index in [1.807, 2.05) is 32.6 Å². The van der Waals surface area contributed by atoms with Crippen LogP contribution in [0.5, 0.6) is 0 Å². The molecule has 8 heteroatoms. The lowest BCUT2D eigenvalue weighted by Gasteiger charge is -2.16. The molecule has 0 spiro atoms. The van der Waals surface area contributed by atoms with E-state index in [4.69, 9.17) is 13.7 Å². The summed E-state index contributed by atoms with van der Waals surface area (Å²) in [6, 6.07) is 0. The van der Waals surface area contributed by atoms with Crippen LogP contribution in [0.4, 0.5) is 0 Å². The van der Waals surface area contributed by atoms with Gasteiger partial charge in [-0.05, 0) is 13.8 Å². The largest absolute Gasteiger partial charge is 0.425 e. The monoisotopic (exact) mass is 362 g/mol. The van der Waals surface area contributed by atoms with Crippen molar-refractivity contribution in [1.82, 2.24) is 20.3 Å². The molecule has 0 unspecified atom stereocenters. The molecule has 0 bridgehead atoms. The zero-order valence-electron chi connectivity index (χ0n) is 16.0. The average molecular weight is 362 g/mol. The summed E-state index contributed by atoms with van der Waals surface area (Å²) in [7, 11) is 1.67. The highest BCUT2D eigenvalue weighted by Crippen LogP contribution is 2.33. The molecule has 0 aliphatic carbocycles. The summed E-state index contributed by atoms with van der Waals surface area (Å²) < 4.78 is 16.3. The summed E-state index contributed by atoms with van der Waals surface area (Å²) in [5.41, 5.74) is 1.63. The molecule has 8 nitrogen and oxygen atoms in total. The van der Waals surface area contributed by atoms with Crippen molar-refractivity contribution in [2.75, 3.05) is 26.8 Å². The van der Waals surface area contributed by atoms with Crippen molar-refractivity contribution in [1.29, 1.82) is 0 Å². The van der Waals surface area contributed by atoms with Crippen molar-refractivity contribution in [3.63, 3.8) is 0 Å². The van der Waals surface area contributed by atoms with Crippen LogP contribution in [0.3, 0.4) is 0 Å². The number of amides is 1. The fraction of sp³-hybridized carbons (Fsp3) is 0.667. The van der Waals surface area contributed by atoms with Crippen LogP contribution in [0, 0.1) is 19.8 Å². The maximum absolute atomic E-state index is 12.8. The molecule has 0 saturated carbocycles. The van der Waals surface area contributed by atoms with Crippen LogP contribution in [-0.4, -0.2) is 53.0 Å². The highest BCUT2D eigenvalue weighted by Gasteiger charge is 2.39. The SMILES string of the molecule is COC[C@@H]1CN(C(=O)Cc2c(C)noc2C)C[C@H]1c1nnc(C(C)C)o1. The molecule has 142 valence electrons. The zero-order valence-corrected chi connectivity index (χ0v) is 16.0. The summed E-state index contributed by atoms with van der Waals surface area (Å²) in [6.45, 7) is 9.41. The Balaban J connectivity index is 1.74. The Labute approximate surface area is 152 Å². The molecule has 2 atom stereocenters. The minimum absolute atomic E-state index is 0.0106. The Kier molecular flexibility index (Phi) is 5.41. The van der Waals surface area contributed by atoms with E-state index in [-0.39, 0.29) is 30.1 Å². The first-order chi connectivity index (χ1) is 12.4. The van der Waals surface area contributed by atoms with Crippen molar-refractivity contribution in [2.45, 2.75) is 46.0 Å². The number of aromatic nitrogens is 3. The van der Waals surface area contributed by atoms with E-state index in [0.29, 0.717) is 37.2 Å². The van der Waals surface area contributed by atoms with Gasteiger partial charge in [0.2, 0.25) is 17.7 Å². The van der Waals surface area contributed by atoms with Crippen molar-refractivity contribution >= 4 is 5.91 Å². The second-order valence-corrected chi connectivity index (χ2v) is 7.23. The van der Waals surface area contributed by atoms with Crippen molar-refractivity contribution in [3.8, 4) is 0 Å². The number of carbonyl (C=O) groups is 1. The standard InChI is InChI=1S/C18H26N4O4/c1-10(2)17-19-20-18(25-17)15-8-22(7-13(15)9-24-5)16(23)6-14-11(3)21-26-12(14)4/h10,13,15H,6-9H2,1-5H3/t13-,15+/m0/s1. The predicted octanol–water partition coefficient (Wildman–Crippen LogP) is 2.23. The first-order valence-corrected chi connectivity index (χ1v) is 8.92. The normalized spacial score (nSPS) is 20.3. The van der Waals surface area contributed by atoms with Crippen LogP contribution >= 0.6 is 0 Å². The lowest BCUT2D eigenvalue weighted by molar-refractivity contribution is -0.129. The molecule has 1 aliphatic heterocycles. The van der Waals surface area contributed by atoms with E-state index in [2.05, 4.69) is 15.4 Å². The Morgan fingerprint density at radius 2 is 2.08 bits per heavy atom. The molecule has 1 fully saturated rings. The van der Waals surface area contributed by atoms with Gasteiger partial charge in [-0.25, -0.2) is 0 Å². The first-order valence-electron chi connectivity index (χ1n) is 8.92. The van der Waals surface area contributed by atoms with E-state index < -0.39 is 0 Å². The number of aryl methyl sites for hydroxylation is 2. The van der Waals surface area contributed by atoms with Crippen LogP contribution in [0.1, 0.15) is 54.5 Å². The lowest BCUT2D eigenvalue weighted by Crippen LogP contribution is -2.31.